The molecule has 0 amide bonds. The van der Waals surface area contributed by atoms with E-state index in [1.165, 1.54) is 11.6 Å². The second-order valence-corrected chi connectivity index (χ2v) is 5.30. The highest BCUT2D eigenvalue weighted by Crippen LogP contribution is 2.21. The average molecular weight is 308 g/mol. The molecule has 0 fully saturated rings. The molecule has 0 aliphatic heterocycles. The third kappa shape index (κ3) is 3.10. The van der Waals surface area contributed by atoms with Gasteiger partial charge in [0, 0.05) is 16.7 Å². The molecule has 1 N–H and O–H groups in total. The second kappa shape index (κ2) is 5.53. The van der Waals surface area contributed by atoms with Crippen LogP contribution in [0, 0.1) is 19.7 Å². The Morgan fingerprint density at radius 1 is 1.06 bits per heavy atom. The maximum Gasteiger partial charge on any atom is 0.123 e. The number of aryl methyl sites for hydroxylation is 2. The van der Waals surface area contributed by atoms with Crippen molar-refractivity contribution >= 4 is 21.6 Å². The van der Waals surface area contributed by atoms with Crippen molar-refractivity contribution in [3.05, 3.63) is 63.4 Å². The van der Waals surface area contributed by atoms with Crippen LogP contribution in [-0.4, -0.2) is 0 Å². The standard InChI is InChI=1S/C15H15BrFN/c1-10-3-5-13(16)8-15(10)18-9-12-4-6-14(17)7-11(12)2/h3-8,18H,9H2,1-2H3. The van der Waals surface area contributed by atoms with E-state index in [1.807, 2.05) is 25.1 Å². The van der Waals surface area contributed by atoms with Gasteiger partial charge < -0.3 is 5.32 Å². The van der Waals surface area contributed by atoms with Crippen LogP contribution in [0.5, 0.6) is 0 Å². The summed E-state index contributed by atoms with van der Waals surface area (Å²) in [5.74, 6) is -0.185. The molecule has 2 rings (SSSR count). The number of benzene rings is 2. The van der Waals surface area contributed by atoms with Gasteiger partial charge >= 0.3 is 0 Å². The predicted octanol–water partition coefficient (Wildman–Crippen LogP) is 4.82. The molecule has 0 radical (unpaired) electrons. The fraction of sp³-hybridized carbons (Fsp3) is 0.200. The first-order valence-corrected chi connectivity index (χ1v) is 6.60. The lowest BCUT2D eigenvalue weighted by molar-refractivity contribution is 0.625. The zero-order chi connectivity index (χ0) is 13.1. The molecule has 3 heteroatoms. The minimum atomic E-state index is -0.185. The molecule has 94 valence electrons. The van der Waals surface area contributed by atoms with Crippen molar-refractivity contribution in [1.82, 2.24) is 0 Å². The van der Waals surface area contributed by atoms with Crippen LogP contribution >= 0.6 is 15.9 Å². The lowest BCUT2D eigenvalue weighted by atomic mass is 10.1. The minimum absolute atomic E-state index is 0.185. The van der Waals surface area contributed by atoms with E-state index in [0.717, 1.165) is 21.3 Å². The fourth-order valence-corrected chi connectivity index (χ4v) is 2.19. The van der Waals surface area contributed by atoms with E-state index >= 15 is 0 Å². The van der Waals surface area contributed by atoms with Crippen molar-refractivity contribution in [1.29, 1.82) is 0 Å². The van der Waals surface area contributed by atoms with Gasteiger partial charge in [-0.2, -0.15) is 0 Å². The lowest BCUT2D eigenvalue weighted by Crippen LogP contribution is -2.03. The van der Waals surface area contributed by atoms with Gasteiger partial charge in [-0.25, -0.2) is 4.39 Å². The van der Waals surface area contributed by atoms with Crippen LogP contribution in [-0.2, 0) is 6.54 Å². The summed E-state index contributed by atoms with van der Waals surface area (Å²) in [7, 11) is 0. The Labute approximate surface area is 115 Å². The molecule has 0 atom stereocenters. The molecule has 0 saturated carbocycles. The quantitative estimate of drug-likeness (QED) is 0.857. The van der Waals surface area contributed by atoms with Crippen LogP contribution in [0.4, 0.5) is 10.1 Å². The van der Waals surface area contributed by atoms with E-state index in [9.17, 15) is 4.39 Å². The summed E-state index contributed by atoms with van der Waals surface area (Å²) in [6.07, 6.45) is 0. The molecule has 0 spiro atoms. The summed E-state index contributed by atoms with van der Waals surface area (Å²) in [6, 6.07) is 11.0. The Morgan fingerprint density at radius 3 is 2.56 bits per heavy atom. The Morgan fingerprint density at radius 2 is 1.83 bits per heavy atom. The van der Waals surface area contributed by atoms with Crippen molar-refractivity contribution < 1.29 is 4.39 Å². The molecule has 1 nitrogen and oxygen atoms in total. The summed E-state index contributed by atoms with van der Waals surface area (Å²) in [5, 5.41) is 3.38. The largest absolute Gasteiger partial charge is 0.381 e. The van der Waals surface area contributed by atoms with Crippen molar-refractivity contribution in [3.63, 3.8) is 0 Å². The highest BCUT2D eigenvalue weighted by Gasteiger charge is 2.02. The molecule has 0 saturated heterocycles. The van der Waals surface area contributed by atoms with Crippen molar-refractivity contribution in [2.45, 2.75) is 20.4 Å². The van der Waals surface area contributed by atoms with Crippen molar-refractivity contribution in [2.75, 3.05) is 5.32 Å². The van der Waals surface area contributed by atoms with Gasteiger partial charge in [0.2, 0.25) is 0 Å². The van der Waals surface area contributed by atoms with Gasteiger partial charge in [-0.3, -0.25) is 0 Å². The number of hydrogen-bond acceptors (Lipinski definition) is 1. The van der Waals surface area contributed by atoms with E-state index in [-0.39, 0.29) is 5.82 Å². The van der Waals surface area contributed by atoms with Gasteiger partial charge in [-0.05, 0) is 54.8 Å². The topological polar surface area (TPSA) is 12.0 Å². The Kier molecular flexibility index (Phi) is 4.02. The van der Waals surface area contributed by atoms with E-state index in [1.54, 1.807) is 6.07 Å². The zero-order valence-corrected chi connectivity index (χ0v) is 12.0. The number of nitrogens with one attached hydrogen (secondary N) is 1. The SMILES string of the molecule is Cc1cc(F)ccc1CNc1cc(Br)ccc1C. The van der Waals surface area contributed by atoms with Gasteiger partial charge in [0.25, 0.3) is 0 Å². The van der Waals surface area contributed by atoms with E-state index < -0.39 is 0 Å². The zero-order valence-electron chi connectivity index (χ0n) is 10.4. The van der Waals surface area contributed by atoms with Crippen LogP contribution in [0.25, 0.3) is 0 Å². The smallest absolute Gasteiger partial charge is 0.123 e. The Balaban J connectivity index is 2.13. The highest BCUT2D eigenvalue weighted by atomic mass is 79.9. The summed E-state index contributed by atoms with van der Waals surface area (Å²) in [4.78, 5) is 0. The van der Waals surface area contributed by atoms with Crippen molar-refractivity contribution in [3.8, 4) is 0 Å². The summed E-state index contributed by atoms with van der Waals surface area (Å²) in [6.45, 7) is 4.68. The van der Waals surface area contributed by atoms with E-state index in [2.05, 4.69) is 34.2 Å². The summed E-state index contributed by atoms with van der Waals surface area (Å²) in [5.41, 5.74) is 4.36. The molecule has 0 aliphatic rings. The molecule has 0 aliphatic carbocycles. The van der Waals surface area contributed by atoms with Crippen LogP contribution in [0.3, 0.4) is 0 Å². The van der Waals surface area contributed by atoms with Gasteiger partial charge in [0.1, 0.15) is 5.82 Å². The molecule has 0 bridgehead atoms. The molecular weight excluding hydrogens is 293 g/mol. The molecular formula is C15H15BrFN. The maximum absolute atomic E-state index is 13.0. The number of anilines is 1. The molecule has 18 heavy (non-hydrogen) atoms. The molecule has 2 aromatic carbocycles. The number of halogens is 2. The third-order valence-electron chi connectivity index (χ3n) is 2.97. The molecule has 0 unspecified atom stereocenters. The van der Waals surface area contributed by atoms with Crippen LogP contribution < -0.4 is 5.32 Å². The average Bonchev–Trinajstić information content (AvgIpc) is 2.32. The number of hydrogen-bond donors (Lipinski definition) is 1. The monoisotopic (exact) mass is 307 g/mol. The highest BCUT2D eigenvalue weighted by molar-refractivity contribution is 9.10. The van der Waals surface area contributed by atoms with E-state index in [4.69, 9.17) is 0 Å². The fourth-order valence-electron chi connectivity index (χ4n) is 1.83. The second-order valence-electron chi connectivity index (χ2n) is 4.38. The first-order valence-electron chi connectivity index (χ1n) is 5.81. The van der Waals surface area contributed by atoms with Crippen molar-refractivity contribution in [2.24, 2.45) is 0 Å². The van der Waals surface area contributed by atoms with Gasteiger partial charge in [0.15, 0.2) is 0 Å². The molecule has 0 heterocycles. The summed E-state index contributed by atoms with van der Waals surface area (Å²) >= 11 is 3.46. The van der Waals surface area contributed by atoms with Gasteiger partial charge in [0.05, 0.1) is 0 Å². The van der Waals surface area contributed by atoms with E-state index in [0.29, 0.717) is 6.54 Å². The first kappa shape index (κ1) is 13.1. The van der Waals surface area contributed by atoms with Crippen LogP contribution in [0.15, 0.2) is 40.9 Å². The Bertz CT molecular complexity index is 566. The van der Waals surface area contributed by atoms with Crippen LogP contribution in [0.2, 0.25) is 0 Å². The third-order valence-corrected chi connectivity index (χ3v) is 3.47. The molecule has 2 aromatic rings. The lowest BCUT2D eigenvalue weighted by Gasteiger charge is -2.12. The maximum atomic E-state index is 13.0. The van der Waals surface area contributed by atoms with Gasteiger partial charge in [-0.1, -0.05) is 28.1 Å². The Hall–Kier alpha value is -1.35. The normalized spacial score (nSPS) is 10.4. The van der Waals surface area contributed by atoms with Gasteiger partial charge in [-0.15, -0.1) is 0 Å². The van der Waals surface area contributed by atoms with Crippen LogP contribution in [0.1, 0.15) is 16.7 Å². The predicted molar refractivity (Wildman–Crippen MR) is 77.3 cm³/mol. The number of rotatable bonds is 3. The minimum Gasteiger partial charge on any atom is -0.381 e. The first-order chi connectivity index (χ1) is 8.56. The molecule has 0 aromatic heterocycles. The summed E-state index contributed by atoms with van der Waals surface area (Å²) < 4.78 is 14.0.